The third-order valence-corrected chi connectivity index (χ3v) is 4.15. The summed E-state index contributed by atoms with van der Waals surface area (Å²) in [5.41, 5.74) is 1.41. The standard InChI is InChI=1S/C16H16ClN3O/c1-21-13-3-2-6-20(10-13)16-7-11(9-18)14-8-12(17)4-5-15(14)19-16/h4-5,7-8,13H,2-3,6,10H2,1H3/t13-/m0/s1. The highest BCUT2D eigenvalue weighted by molar-refractivity contribution is 6.31. The van der Waals surface area contributed by atoms with Crippen LogP contribution in [0.5, 0.6) is 0 Å². The minimum Gasteiger partial charge on any atom is -0.380 e. The van der Waals surface area contributed by atoms with Crippen molar-refractivity contribution in [3.8, 4) is 6.07 Å². The van der Waals surface area contributed by atoms with Crippen LogP contribution in [-0.2, 0) is 4.74 Å². The SMILES string of the molecule is CO[C@H]1CCCN(c2cc(C#N)c3cc(Cl)ccc3n2)C1. The summed E-state index contributed by atoms with van der Waals surface area (Å²) in [5.74, 6) is 0.836. The molecule has 1 aliphatic rings. The van der Waals surface area contributed by atoms with Gasteiger partial charge in [0.2, 0.25) is 0 Å². The van der Waals surface area contributed by atoms with Gasteiger partial charge < -0.3 is 9.64 Å². The van der Waals surface area contributed by atoms with Gasteiger partial charge in [0.25, 0.3) is 0 Å². The average molecular weight is 302 g/mol. The summed E-state index contributed by atoms with van der Waals surface area (Å²) < 4.78 is 5.45. The van der Waals surface area contributed by atoms with Crippen molar-refractivity contribution in [1.82, 2.24) is 4.98 Å². The molecule has 0 aliphatic carbocycles. The Balaban J connectivity index is 2.03. The average Bonchev–Trinajstić information content (AvgIpc) is 2.54. The van der Waals surface area contributed by atoms with Crippen molar-refractivity contribution in [2.24, 2.45) is 0 Å². The molecule has 4 nitrogen and oxygen atoms in total. The van der Waals surface area contributed by atoms with E-state index in [0.717, 1.165) is 42.7 Å². The first-order chi connectivity index (χ1) is 10.2. The Kier molecular flexibility index (Phi) is 3.96. The van der Waals surface area contributed by atoms with Gasteiger partial charge in [-0.1, -0.05) is 11.6 Å². The van der Waals surface area contributed by atoms with Gasteiger partial charge in [-0.25, -0.2) is 4.98 Å². The van der Waals surface area contributed by atoms with E-state index in [1.807, 2.05) is 12.1 Å². The highest BCUT2D eigenvalue weighted by atomic mass is 35.5. The van der Waals surface area contributed by atoms with Gasteiger partial charge in [0.1, 0.15) is 5.82 Å². The zero-order valence-electron chi connectivity index (χ0n) is 11.8. The Hall–Kier alpha value is -1.83. The molecule has 0 unspecified atom stereocenters. The summed E-state index contributed by atoms with van der Waals surface area (Å²) in [6, 6.07) is 9.54. The van der Waals surface area contributed by atoms with Crippen LogP contribution in [0.15, 0.2) is 24.3 Å². The molecular weight excluding hydrogens is 286 g/mol. The van der Waals surface area contributed by atoms with Gasteiger partial charge in [-0.05, 0) is 37.1 Å². The Morgan fingerprint density at radius 1 is 1.43 bits per heavy atom. The molecule has 0 saturated carbocycles. The zero-order valence-corrected chi connectivity index (χ0v) is 12.6. The number of methoxy groups -OCH3 is 1. The van der Waals surface area contributed by atoms with Crippen molar-refractivity contribution in [1.29, 1.82) is 5.26 Å². The van der Waals surface area contributed by atoms with Crippen LogP contribution in [0, 0.1) is 11.3 Å². The predicted molar refractivity (Wildman–Crippen MR) is 83.7 cm³/mol. The van der Waals surface area contributed by atoms with Crippen molar-refractivity contribution in [2.75, 3.05) is 25.1 Å². The molecule has 1 saturated heterocycles. The summed E-state index contributed by atoms with van der Waals surface area (Å²) in [6.07, 6.45) is 2.37. The van der Waals surface area contributed by atoms with E-state index in [0.29, 0.717) is 10.6 Å². The Morgan fingerprint density at radius 2 is 2.29 bits per heavy atom. The lowest BCUT2D eigenvalue weighted by molar-refractivity contribution is 0.0891. The topological polar surface area (TPSA) is 49.1 Å². The number of ether oxygens (including phenoxy) is 1. The first-order valence-corrected chi connectivity index (χ1v) is 7.37. The first kappa shape index (κ1) is 14.1. The largest absolute Gasteiger partial charge is 0.380 e. The van der Waals surface area contributed by atoms with Gasteiger partial charge in [0.15, 0.2) is 0 Å². The Morgan fingerprint density at radius 3 is 3.05 bits per heavy atom. The summed E-state index contributed by atoms with van der Waals surface area (Å²) >= 11 is 6.01. The number of fused-ring (bicyclic) bond motifs is 1. The fourth-order valence-electron chi connectivity index (χ4n) is 2.78. The van der Waals surface area contributed by atoms with E-state index in [-0.39, 0.29) is 6.10 Å². The van der Waals surface area contributed by atoms with Gasteiger partial charge >= 0.3 is 0 Å². The molecule has 2 aromatic rings. The van der Waals surface area contributed by atoms with Crippen LogP contribution in [0.25, 0.3) is 10.9 Å². The maximum Gasteiger partial charge on any atom is 0.130 e. The molecule has 0 amide bonds. The minimum atomic E-state index is 0.229. The molecule has 1 aromatic carbocycles. The van der Waals surface area contributed by atoms with E-state index >= 15 is 0 Å². The highest BCUT2D eigenvalue weighted by Crippen LogP contribution is 2.27. The number of nitrogens with zero attached hydrogens (tertiary/aromatic N) is 3. The van der Waals surface area contributed by atoms with Crippen molar-refractivity contribution in [2.45, 2.75) is 18.9 Å². The molecule has 0 bridgehead atoms. The lowest BCUT2D eigenvalue weighted by atomic mass is 10.1. The van der Waals surface area contributed by atoms with Gasteiger partial charge in [-0.2, -0.15) is 5.26 Å². The second-order valence-corrected chi connectivity index (χ2v) is 5.68. The third-order valence-electron chi connectivity index (χ3n) is 3.91. The van der Waals surface area contributed by atoms with Crippen molar-refractivity contribution < 1.29 is 4.74 Å². The summed E-state index contributed by atoms with van der Waals surface area (Å²) in [6.45, 7) is 1.75. The van der Waals surface area contributed by atoms with Crippen LogP contribution in [-0.4, -0.2) is 31.3 Å². The molecule has 108 valence electrons. The molecule has 1 aliphatic heterocycles. The summed E-state index contributed by atoms with van der Waals surface area (Å²) in [4.78, 5) is 6.87. The molecule has 2 heterocycles. The molecule has 1 fully saturated rings. The number of nitriles is 1. The molecule has 0 N–H and O–H groups in total. The van der Waals surface area contributed by atoms with Gasteiger partial charge in [-0.3, -0.25) is 0 Å². The number of benzene rings is 1. The number of hydrogen-bond acceptors (Lipinski definition) is 4. The van der Waals surface area contributed by atoms with Crippen molar-refractivity contribution in [3.63, 3.8) is 0 Å². The highest BCUT2D eigenvalue weighted by Gasteiger charge is 2.21. The number of halogens is 1. The Labute approximate surface area is 128 Å². The molecule has 5 heteroatoms. The van der Waals surface area contributed by atoms with Gasteiger partial charge in [0, 0.05) is 30.6 Å². The number of rotatable bonds is 2. The second kappa shape index (κ2) is 5.88. The molecule has 1 atom stereocenters. The molecule has 21 heavy (non-hydrogen) atoms. The van der Waals surface area contributed by atoms with Gasteiger partial charge in [-0.15, -0.1) is 0 Å². The minimum absolute atomic E-state index is 0.229. The first-order valence-electron chi connectivity index (χ1n) is 6.99. The summed E-state index contributed by atoms with van der Waals surface area (Å²) in [5, 5.41) is 10.8. The van der Waals surface area contributed by atoms with Crippen LogP contribution in [0.1, 0.15) is 18.4 Å². The van der Waals surface area contributed by atoms with Crippen molar-refractivity contribution in [3.05, 3.63) is 34.9 Å². The number of piperidine rings is 1. The van der Waals surface area contributed by atoms with Crippen LogP contribution in [0.2, 0.25) is 5.02 Å². The quantitative estimate of drug-likeness (QED) is 0.853. The number of anilines is 1. The lowest BCUT2D eigenvalue weighted by Crippen LogP contribution is -2.39. The lowest BCUT2D eigenvalue weighted by Gasteiger charge is -2.33. The van der Waals surface area contributed by atoms with Crippen LogP contribution in [0.3, 0.4) is 0 Å². The third kappa shape index (κ3) is 2.80. The predicted octanol–water partition coefficient (Wildman–Crippen LogP) is 3.38. The maximum atomic E-state index is 9.38. The van der Waals surface area contributed by atoms with E-state index < -0.39 is 0 Å². The zero-order chi connectivity index (χ0) is 14.8. The van der Waals surface area contributed by atoms with E-state index in [1.54, 1.807) is 19.2 Å². The number of aromatic nitrogens is 1. The molecule has 3 rings (SSSR count). The van der Waals surface area contributed by atoms with Crippen molar-refractivity contribution >= 4 is 28.3 Å². The number of hydrogen-bond donors (Lipinski definition) is 0. The van der Waals surface area contributed by atoms with E-state index in [2.05, 4.69) is 16.0 Å². The normalized spacial score (nSPS) is 18.7. The number of pyridine rings is 1. The van der Waals surface area contributed by atoms with Crippen LogP contribution < -0.4 is 4.90 Å². The second-order valence-electron chi connectivity index (χ2n) is 5.25. The molecule has 1 aromatic heterocycles. The van der Waals surface area contributed by atoms with E-state index in [9.17, 15) is 5.26 Å². The smallest absolute Gasteiger partial charge is 0.130 e. The van der Waals surface area contributed by atoms with Crippen LogP contribution in [0.4, 0.5) is 5.82 Å². The van der Waals surface area contributed by atoms with E-state index in [4.69, 9.17) is 16.3 Å². The Bertz CT molecular complexity index is 710. The fraction of sp³-hybridized carbons (Fsp3) is 0.375. The van der Waals surface area contributed by atoms with Gasteiger partial charge in [0.05, 0.1) is 23.3 Å². The maximum absolute atomic E-state index is 9.38. The molecule has 0 spiro atoms. The van der Waals surface area contributed by atoms with Crippen LogP contribution >= 0.6 is 11.6 Å². The monoisotopic (exact) mass is 301 g/mol. The fourth-order valence-corrected chi connectivity index (χ4v) is 2.95. The summed E-state index contributed by atoms with van der Waals surface area (Å²) in [7, 11) is 1.74. The molecular formula is C16H16ClN3O. The molecule has 0 radical (unpaired) electrons. The van der Waals surface area contributed by atoms with E-state index in [1.165, 1.54) is 0 Å².